The second-order valence-electron chi connectivity index (χ2n) is 17.7. The lowest BCUT2D eigenvalue weighted by Gasteiger charge is -2.16. The molecule has 67 heavy (non-hydrogen) atoms. The van der Waals surface area contributed by atoms with E-state index in [-0.39, 0.29) is 0 Å². The molecular weight excluding hydrogens is 833 g/mol. The quantitative estimate of drug-likeness (QED) is 0.177. The van der Waals surface area contributed by atoms with E-state index in [0.717, 1.165) is 61.2 Å². The molecule has 11 aromatic carbocycles. The third-order valence-corrected chi connectivity index (χ3v) is 15.2. The Bertz CT molecular complexity index is 4590. The van der Waals surface area contributed by atoms with Crippen LogP contribution in [0.2, 0.25) is 0 Å². The predicted octanol–water partition coefficient (Wildman–Crippen LogP) is 17.0. The number of hydrogen-bond acceptors (Lipinski definition) is 3. The number of aromatic nitrogens is 4. The zero-order chi connectivity index (χ0) is 43.7. The number of rotatable bonds is 4. The van der Waals surface area contributed by atoms with E-state index in [1.54, 1.807) is 0 Å². The first-order valence-corrected chi connectivity index (χ1v) is 23.6. The second-order valence-corrected chi connectivity index (χ2v) is 18.7. The summed E-state index contributed by atoms with van der Waals surface area (Å²) in [6.07, 6.45) is 0. The van der Waals surface area contributed by atoms with Crippen LogP contribution in [0, 0.1) is 0 Å². The molecule has 0 amide bonds. The second kappa shape index (κ2) is 13.9. The van der Waals surface area contributed by atoms with Crippen molar-refractivity contribution in [1.82, 2.24) is 19.1 Å². The van der Waals surface area contributed by atoms with Gasteiger partial charge in [-0.05, 0) is 88.3 Å². The van der Waals surface area contributed by atoms with Gasteiger partial charge in [0.05, 0.1) is 44.7 Å². The van der Waals surface area contributed by atoms with Crippen molar-refractivity contribution >= 4 is 118 Å². The summed E-state index contributed by atoms with van der Waals surface area (Å²) in [4.78, 5) is 10.8. The zero-order valence-electron chi connectivity index (χ0n) is 36.0. The van der Waals surface area contributed by atoms with Gasteiger partial charge in [0.15, 0.2) is 5.82 Å². The van der Waals surface area contributed by atoms with E-state index in [1.165, 1.54) is 79.8 Å². The standard InChI is InChI=1S/C62H36N4S/c1-2-16-38-35-56-49(33-37(38)15-1)42-18-4-9-28-53(42)66(56)55-29-11-17-39-34-50-43-19-5-8-27-52(43)65(57(50)36-48(39)55)54-30-13-22-40-41(54)23-12-24-44(40)61-45-20-3-7-26-51(45)63-62(64-61)47-25-14-32-59-60(47)46-21-6-10-31-58(46)67-59/h1-36H. The molecule has 0 radical (unpaired) electrons. The highest BCUT2D eigenvalue weighted by molar-refractivity contribution is 7.25. The summed E-state index contributed by atoms with van der Waals surface area (Å²) in [6, 6.07) is 79.7. The minimum Gasteiger partial charge on any atom is -0.309 e. The molecule has 0 saturated heterocycles. The topological polar surface area (TPSA) is 35.6 Å². The van der Waals surface area contributed by atoms with Gasteiger partial charge in [0, 0.05) is 69.0 Å². The molecule has 0 N–H and O–H groups in total. The molecule has 15 rings (SSSR count). The van der Waals surface area contributed by atoms with E-state index in [9.17, 15) is 0 Å². The Morgan fingerprint density at radius 1 is 0.313 bits per heavy atom. The van der Waals surface area contributed by atoms with Gasteiger partial charge in [0.1, 0.15) is 0 Å². The minimum atomic E-state index is 0.734. The van der Waals surface area contributed by atoms with Crippen molar-refractivity contribution < 1.29 is 0 Å². The Balaban J connectivity index is 0.981. The van der Waals surface area contributed by atoms with Crippen molar-refractivity contribution in [3.05, 3.63) is 218 Å². The largest absolute Gasteiger partial charge is 0.309 e. The summed E-state index contributed by atoms with van der Waals surface area (Å²) in [5, 5.41) is 15.6. The molecule has 4 heterocycles. The molecule has 0 aliphatic heterocycles. The third-order valence-electron chi connectivity index (χ3n) is 14.1. The van der Waals surface area contributed by atoms with E-state index in [4.69, 9.17) is 9.97 Å². The summed E-state index contributed by atoms with van der Waals surface area (Å²) < 4.78 is 7.46. The van der Waals surface area contributed by atoms with Gasteiger partial charge in [0.25, 0.3) is 0 Å². The van der Waals surface area contributed by atoms with Crippen LogP contribution >= 0.6 is 11.3 Å². The fraction of sp³-hybridized carbons (Fsp3) is 0. The van der Waals surface area contributed by atoms with Crippen LogP contribution < -0.4 is 0 Å². The first kappa shape index (κ1) is 36.7. The number of thiophene rings is 1. The first-order chi connectivity index (χ1) is 33.2. The lowest BCUT2D eigenvalue weighted by molar-refractivity contribution is 1.19. The average molecular weight is 869 g/mol. The molecule has 4 nitrogen and oxygen atoms in total. The van der Waals surface area contributed by atoms with Crippen LogP contribution in [0.3, 0.4) is 0 Å². The number of hydrogen-bond donors (Lipinski definition) is 0. The number of nitrogens with zero attached hydrogens (tertiary/aromatic N) is 4. The smallest absolute Gasteiger partial charge is 0.161 e. The van der Waals surface area contributed by atoms with Crippen molar-refractivity contribution in [2.45, 2.75) is 0 Å². The summed E-state index contributed by atoms with van der Waals surface area (Å²) in [6.45, 7) is 0. The minimum absolute atomic E-state index is 0.734. The fourth-order valence-corrected chi connectivity index (χ4v) is 12.3. The monoisotopic (exact) mass is 868 g/mol. The molecule has 310 valence electrons. The molecule has 0 aliphatic rings. The highest BCUT2D eigenvalue weighted by atomic mass is 32.1. The lowest BCUT2D eigenvalue weighted by atomic mass is 9.97. The summed E-state index contributed by atoms with van der Waals surface area (Å²) in [5.41, 5.74) is 11.0. The molecule has 15 aromatic rings. The fourth-order valence-electron chi connectivity index (χ4n) is 11.2. The highest BCUT2D eigenvalue weighted by Gasteiger charge is 2.22. The third kappa shape index (κ3) is 5.29. The van der Waals surface area contributed by atoms with E-state index in [0.29, 0.717) is 0 Å². The Morgan fingerprint density at radius 2 is 0.851 bits per heavy atom. The summed E-state index contributed by atoms with van der Waals surface area (Å²) in [5.74, 6) is 0.734. The highest BCUT2D eigenvalue weighted by Crippen LogP contribution is 2.44. The molecule has 0 unspecified atom stereocenters. The van der Waals surface area contributed by atoms with Gasteiger partial charge in [-0.2, -0.15) is 0 Å². The summed E-state index contributed by atoms with van der Waals surface area (Å²) in [7, 11) is 0. The maximum Gasteiger partial charge on any atom is 0.161 e. The van der Waals surface area contributed by atoms with Gasteiger partial charge in [-0.3, -0.25) is 0 Å². The molecule has 0 fully saturated rings. The van der Waals surface area contributed by atoms with Gasteiger partial charge >= 0.3 is 0 Å². The van der Waals surface area contributed by atoms with Gasteiger partial charge in [0.2, 0.25) is 0 Å². The number of fused-ring (bicyclic) bond motifs is 13. The van der Waals surface area contributed by atoms with Crippen molar-refractivity contribution in [1.29, 1.82) is 0 Å². The van der Waals surface area contributed by atoms with Gasteiger partial charge in [-0.25, -0.2) is 9.97 Å². The number of para-hydroxylation sites is 3. The van der Waals surface area contributed by atoms with Crippen LogP contribution in [0.1, 0.15) is 0 Å². The molecule has 4 aromatic heterocycles. The van der Waals surface area contributed by atoms with E-state index in [1.807, 2.05) is 11.3 Å². The maximum atomic E-state index is 5.53. The van der Waals surface area contributed by atoms with Gasteiger partial charge in [-0.1, -0.05) is 152 Å². The predicted molar refractivity (Wildman–Crippen MR) is 284 cm³/mol. The molecule has 0 saturated carbocycles. The molecule has 0 atom stereocenters. The Kier molecular flexibility index (Phi) is 7.63. The van der Waals surface area contributed by atoms with Crippen LogP contribution in [0.5, 0.6) is 0 Å². The molecule has 0 bridgehead atoms. The van der Waals surface area contributed by atoms with Crippen molar-refractivity contribution in [2.24, 2.45) is 0 Å². The van der Waals surface area contributed by atoms with Crippen LogP contribution in [0.25, 0.3) is 141 Å². The Morgan fingerprint density at radius 3 is 1.66 bits per heavy atom. The van der Waals surface area contributed by atoms with Gasteiger partial charge < -0.3 is 9.13 Å². The molecule has 0 aliphatic carbocycles. The van der Waals surface area contributed by atoms with Crippen LogP contribution in [-0.4, -0.2) is 19.1 Å². The van der Waals surface area contributed by atoms with E-state index in [2.05, 4.69) is 228 Å². The average Bonchev–Trinajstić information content (AvgIpc) is 4.03. The zero-order valence-corrected chi connectivity index (χ0v) is 36.8. The van der Waals surface area contributed by atoms with Crippen LogP contribution in [0.4, 0.5) is 0 Å². The maximum absolute atomic E-state index is 5.53. The van der Waals surface area contributed by atoms with Crippen LogP contribution in [-0.2, 0) is 0 Å². The van der Waals surface area contributed by atoms with Crippen molar-refractivity contribution in [2.75, 3.05) is 0 Å². The first-order valence-electron chi connectivity index (χ1n) is 22.8. The van der Waals surface area contributed by atoms with Crippen molar-refractivity contribution in [3.8, 4) is 34.0 Å². The normalized spacial score (nSPS) is 12.2. The van der Waals surface area contributed by atoms with Gasteiger partial charge in [-0.15, -0.1) is 11.3 Å². The van der Waals surface area contributed by atoms with E-state index < -0.39 is 0 Å². The molecule has 5 heteroatoms. The van der Waals surface area contributed by atoms with Crippen molar-refractivity contribution in [3.63, 3.8) is 0 Å². The Hall–Kier alpha value is -8.64. The molecular formula is C62H36N4S. The molecule has 0 spiro atoms. The van der Waals surface area contributed by atoms with Crippen LogP contribution in [0.15, 0.2) is 218 Å². The Labute approximate surface area is 387 Å². The lowest BCUT2D eigenvalue weighted by Crippen LogP contribution is -1.99. The summed E-state index contributed by atoms with van der Waals surface area (Å²) >= 11 is 1.82. The SMILES string of the molecule is c1ccc2cc3c(cc2c1)c1ccccc1n3-c1cccc2cc3c4ccccc4n(-c4cccc5c(-c6nc(-c7cccc8sc9ccccc9c78)nc7ccccc67)cccc45)c3cc12. The van der Waals surface area contributed by atoms with E-state index >= 15 is 0 Å². The number of benzene rings is 11.